The van der Waals surface area contributed by atoms with Crippen molar-refractivity contribution in [2.75, 3.05) is 13.2 Å². The van der Waals surface area contributed by atoms with Crippen molar-refractivity contribution in [3.63, 3.8) is 0 Å². The van der Waals surface area contributed by atoms with E-state index in [1.165, 1.54) is 0 Å². The number of aliphatic hydroxyl groups excluding tert-OH is 1. The lowest BCUT2D eigenvalue weighted by Crippen LogP contribution is -2.39. The van der Waals surface area contributed by atoms with E-state index in [1.54, 1.807) is 13.8 Å². The first-order valence-electron chi connectivity index (χ1n) is 4.32. The molecule has 0 fully saturated rings. The highest BCUT2D eigenvalue weighted by molar-refractivity contribution is 4.75. The number of rotatable bonds is 5. The van der Waals surface area contributed by atoms with Gasteiger partial charge >= 0.3 is 0 Å². The fourth-order valence-corrected chi connectivity index (χ4v) is 0.619. The Labute approximate surface area is 74.4 Å². The van der Waals surface area contributed by atoms with Crippen LogP contribution in [0.5, 0.6) is 0 Å². The van der Waals surface area contributed by atoms with Gasteiger partial charge in [-0.05, 0) is 19.8 Å². The largest absolute Gasteiger partial charge is 0.388 e. The normalized spacial score (nSPS) is 15.2. The maximum absolute atomic E-state index is 9.32. The first kappa shape index (κ1) is 11.9. The summed E-state index contributed by atoms with van der Waals surface area (Å²) in [6, 6.07) is 0. The van der Waals surface area contributed by atoms with Crippen LogP contribution in [-0.4, -0.2) is 35.1 Å². The Morgan fingerprint density at radius 1 is 1.25 bits per heavy atom. The van der Waals surface area contributed by atoms with Crippen LogP contribution in [0.1, 0.15) is 27.7 Å². The van der Waals surface area contributed by atoms with Crippen molar-refractivity contribution in [3.8, 4) is 0 Å². The van der Waals surface area contributed by atoms with E-state index in [-0.39, 0.29) is 6.61 Å². The maximum atomic E-state index is 9.32. The van der Waals surface area contributed by atoms with Crippen LogP contribution in [0.2, 0.25) is 0 Å². The van der Waals surface area contributed by atoms with Crippen LogP contribution in [0.15, 0.2) is 0 Å². The van der Waals surface area contributed by atoms with Gasteiger partial charge in [-0.15, -0.1) is 0 Å². The van der Waals surface area contributed by atoms with Crippen LogP contribution in [-0.2, 0) is 4.74 Å². The predicted molar refractivity (Wildman–Crippen MR) is 48.0 cm³/mol. The van der Waals surface area contributed by atoms with Gasteiger partial charge in [0.1, 0.15) is 6.10 Å². The van der Waals surface area contributed by atoms with Crippen LogP contribution in [0.3, 0.4) is 0 Å². The molecule has 0 aliphatic carbocycles. The van der Waals surface area contributed by atoms with Crippen molar-refractivity contribution in [2.45, 2.75) is 39.4 Å². The molecular weight excluding hydrogens is 156 g/mol. The molecule has 0 rings (SSSR count). The second kappa shape index (κ2) is 4.80. The topological polar surface area (TPSA) is 49.7 Å². The third-order valence-corrected chi connectivity index (χ3v) is 1.54. The van der Waals surface area contributed by atoms with Crippen LogP contribution >= 0.6 is 0 Å². The average Bonchev–Trinajstić information content (AvgIpc) is 1.84. The second-order valence-electron chi connectivity index (χ2n) is 4.10. The van der Waals surface area contributed by atoms with Crippen LogP contribution in [0, 0.1) is 5.92 Å². The van der Waals surface area contributed by atoms with Gasteiger partial charge in [-0.3, -0.25) is 0 Å². The summed E-state index contributed by atoms with van der Waals surface area (Å²) in [6.07, 6.45) is -0.809. The van der Waals surface area contributed by atoms with E-state index in [0.29, 0.717) is 12.5 Å². The standard InChI is InChI=1S/C9H20O3/c1-7(2)5-12-6-8(10)9(3,4)11/h7-8,10-11H,5-6H2,1-4H3. The molecule has 1 atom stereocenters. The molecule has 0 aromatic heterocycles. The first-order valence-corrected chi connectivity index (χ1v) is 4.32. The average molecular weight is 176 g/mol. The van der Waals surface area contributed by atoms with E-state index >= 15 is 0 Å². The van der Waals surface area contributed by atoms with Crippen molar-refractivity contribution in [2.24, 2.45) is 5.92 Å². The van der Waals surface area contributed by atoms with Crippen molar-refractivity contribution >= 4 is 0 Å². The summed E-state index contributed by atoms with van der Waals surface area (Å²) in [4.78, 5) is 0. The zero-order chi connectivity index (χ0) is 9.78. The van der Waals surface area contributed by atoms with Gasteiger partial charge in [-0.25, -0.2) is 0 Å². The minimum Gasteiger partial charge on any atom is -0.388 e. The second-order valence-corrected chi connectivity index (χ2v) is 4.10. The molecule has 2 N–H and O–H groups in total. The number of hydrogen-bond acceptors (Lipinski definition) is 3. The van der Waals surface area contributed by atoms with Gasteiger partial charge in [0, 0.05) is 6.61 Å². The monoisotopic (exact) mass is 176 g/mol. The Bertz CT molecular complexity index is 115. The van der Waals surface area contributed by atoms with Crippen molar-refractivity contribution < 1.29 is 14.9 Å². The van der Waals surface area contributed by atoms with E-state index in [2.05, 4.69) is 0 Å². The number of aliphatic hydroxyl groups is 2. The van der Waals surface area contributed by atoms with E-state index in [9.17, 15) is 10.2 Å². The minimum absolute atomic E-state index is 0.196. The van der Waals surface area contributed by atoms with E-state index < -0.39 is 11.7 Å². The molecule has 0 saturated carbocycles. The van der Waals surface area contributed by atoms with Crippen LogP contribution < -0.4 is 0 Å². The molecule has 3 nitrogen and oxygen atoms in total. The fourth-order valence-electron chi connectivity index (χ4n) is 0.619. The summed E-state index contributed by atoms with van der Waals surface area (Å²) in [6.45, 7) is 8.02. The summed E-state index contributed by atoms with van der Waals surface area (Å²) in [5.74, 6) is 0.457. The molecule has 0 radical (unpaired) electrons. The summed E-state index contributed by atoms with van der Waals surface area (Å²) in [5.41, 5.74) is -1.07. The molecule has 0 amide bonds. The smallest absolute Gasteiger partial charge is 0.105 e. The lowest BCUT2D eigenvalue weighted by Gasteiger charge is -2.24. The maximum Gasteiger partial charge on any atom is 0.105 e. The third kappa shape index (κ3) is 5.52. The SMILES string of the molecule is CC(C)COCC(O)C(C)(C)O. The summed E-state index contributed by atoms with van der Waals surface area (Å²) >= 11 is 0. The Morgan fingerprint density at radius 2 is 1.75 bits per heavy atom. The fraction of sp³-hybridized carbons (Fsp3) is 1.00. The molecule has 1 unspecified atom stereocenters. The molecule has 0 aromatic carbocycles. The highest BCUT2D eigenvalue weighted by Gasteiger charge is 2.24. The quantitative estimate of drug-likeness (QED) is 0.651. The van der Waals surface area contributed by atoms with Crippen LogP contribution in [0.4, 0.5) is 0 Å². The molecular formula is C9H20O3. The molecule has 0 saturated heterocycles. The molecule has 0 bridgehead atoms. The third-order valence-electron chi connectivity index (χ3n) is 1.54. The molecule has 0 aliphatic rings. The van der Waals surface area contributed by atoms with Gasteiger partial charge in [0.2, 0.25) is 0 Å². The molecule has 12 heavy (non-hydrogen) atoms. The molecule has 0 aromatic rings. The van der Waals surface area contributed by atoms with E-state index in [1.807, 2.05) is 13.8 Å². The van der Waals surface area contributed by atoms with Gasteiger partial charge in [0.15, 0.2) is 0 Å². The van der Waals surface area contributed by atoms with Gasteiger partial charge in [0.05, 0.1) is 12.2 Å². The van der Waals surface area contributed by atoms with Gasteiger partial charge < -0.3 is 14.9 Å². The highest BCUT2D eigenvalue weighted by atomic mass is 16.5. The van der Waals surface area contributed by atoms with Crippen molar-refractivity contribution in [1.29, 1.82) is 0 Å². The predicted octanol–water partition coefficient (Wildman–Crippen LogP) is 0.791. The Morgan fingerprint density at radius 3 is 2.08 bits per heavy atom. The minimum atomic E-state index is -1.07. The van der Waals surface area contributed by atoms with Gasteiger partial charge in [-0.2, -0.15) is 0 Å². The number of hydrogen-bond donors (Lipinski definition) is 2. The Kier molecular flexibility index (Phi) is 4.75. The Balaban J connectivity index is 3.51. The zero-order valence-electron chi connectivity index (χ0n) is 8.37. The van der Waals surface area contributed by atoms with E-state index in [0.717, 1.165) is 0 Å². The molecule has 3 heteroatoms. The van der Waals surface area contributed by atoms with Crippen LogP contribution in [0.25, 0.3) is 0 Å². The molecule has 74 valence electrons. The molecule has 0 heterocycles. The van der Waals surface area contributed by atoms with Crippen molar-refractivity contribution in [1.82, 2.24) is 0 Å². The Hall–Kier alpha value is -0.120. The summed E-state index contributed by atoms with van der Waals surface area (Å²) in [7, 11) is 0. The van der Waals surface area contributed by atoms with E-state index in [4.69, 9.17) is 4.74 Å². The molecule has 0 aliphatic heterocycles. The lowest BCUT2D eigenvalue weighted by molar-refractivity contribution is -0.0883. The van der Waals surface area contributed by atoms with Gasteiger partial charge in [-0.1, -0.05) is 13.8 Å². The first-order chi connectivity index (χ1) is 5.34. The zero-order valence-corrected chi connectivity index (χ0v) is 8.37. The highest BCUT2D eigenvalue weighted by Crippen LogP contribution is 2.08. The lowest BCUT2D eigenvalue weighted by atomic mass is 10.0. The van der Waals surface area contributed by atoms with Gasteiger partial charge in [0.25, 0.3) is 0 Å². The van der Waals surface area contributed by atoms with Crippen molar-refractivity contribution in [3.05, 3.63) is 0 Å². The molecule has 0 spiro atoms. The summed E-state index contributed by atoms with van der Waals surface area (Å²) in [5, 5.41) is 18.6. The number of ether oxygens (including phenoxy) is 1. The summed E-state index contributed by atoms with van der Waals surface area (Å²) < 4.78 is 5.17.